The maximum absolute atomic E-state index is 9.08. The lowest BCUT2D eigenvalue weighted by Gasteiger charge is -2.06. The predicted molar refractivity (Wildman–Crippen MR) is 186 cm³/mol. The summed E-state index contributed by atoms with van der Waals surface area (Å²) in [5.41, 5.74) is 15.7. The standard InChI is InChI=1S/C16H13N.C10H9BO2.C6H6BrN.3CH4/c17-14-10-8-13(9-11-14)16-7-3-5-12-4-1-2-6-15(12)16;12-11(13)10-7-3-5-8-4-1-2-6-9(8)10;7-5-1-3-6(8)4-2-5;;;/h1-11H,17H2;1-7,12-13H;1-4H,8H2;3*1H4. The molecule has 0 bridgehead atoms. The van der Waals surface area contributed by atoms with Gasteiger partial charge in [0.05, 0.1) is 0 Å². The molecule has 0 saturated carbocycles. The Hall–Kier alpha value is -4.10. The van der Waals surface area contributed by atoms with Gasteiger partial charge in [-0.25, -0.2) is 0 Å². The van der Waals surface area contributed by atoms with Gasteiger partial charge in [0.2, 0.25) is 0 Å². The van der Waals surface area contributed by atoms with E-state index in [2.05, 4.69) is 70.5 Å². The number of benzene rings is 6. The van der Waals surface area contributed by atoms with Gasteiger partial charge < -0.3 is 21.5 Å². The molecule has 0 atom stereocenters. The predicted octanol–water partition coefficient (Wildman–Crippen LogP) is 8.55. The number of nitrogen functional groups attached to an aromatic ring is 2. The molecule has 0 amide bonds. The molecule has 0 aliphatic heterocycles. The van der Waals surface area contributed by atoms with Crippen molar-refractivity contribution in [2.45, 2.75) is 22.3 Å². The second-order valence-electron chi connectivity index (χ2n) is 8.64. The van der Waals surface area contributed by atoms with Crippen LogP contribution >= 0.6 is 15.9 Å². The van der Waals surface area contributed by atoms with Gasteiger partial charge in [-0.1, -0.05) is 135 Å². The van der Waals surface area contributed by atoms with Crippen molar-refractivity contribution in [3.63, 3.8) is 0 Å². The molecule has 6 rings (SSSR count). The van der Waals surface area contributed by atoms with Crippen molar-refractivity contribution < 1.29 is 10.0 Å². The van der Waals surface area contributed by atoms with Crippen molar-refractivity contribution in [2.24, 2.45) is 0 Å². The normalized spacial score (nSPS) is 9.44. The average Bonchev–Trinajstić information content (AvgIpc) is 2.95. The molecular formula is C35H40BBrN2O2. The molecule has 0 aliphatic carbocycles. The maximum atomic E-state index is 9.08. The summed E-state index contributed by atoms with van der Waals surface area (Å²) in [6.07, 6.45) is 0. The third kappa shape index (κ3) is 9.50. The number of halogens is 1. The molecule has 0 radical (unpaired) electrons. The molecule has 0 saturated heterocycles. The number of hydrogen-bond donors (Lipinski definition) is 4. The highest BCUT2D eigenvalue weighted by Gasteiger charge is 2.13. The van der Waals surface area contributed by atoms with Crippen LogP contribution in [0.25, 0.3) is 32.7 Å². The summed E-state index contributed by atoms with van der Waals surface area (Å²) < 4.78 is 1.06. The van der Waals surface area contributed by atoms with Crippen LogP contribution in [-0.4, -0.2) is 17.2 Å². The Balaban J connectivity index is 0.000000314. The SMILES string of the molecule is C.C.C.Nc1ccc(-c2cccc3ccccc23)cc1.Nc1ccc(Br)cc1.OB(O)c1cccc2ccccc12. The number of rotatable bonds is 2. The topological polar surface area (TPSA) is 92.5 Å². The lowest BCUT2D eigenvalue weighted by molar-refractivity contribution is 0.426. The number of hydrogen-bond acceptors (Lipinski definition) is 4. The second-order valence-corrected chi connectivity index (χ2v) is 9.56. The molecule has 6 aromatic carbocycles. The van der Waals surface area contributed by atoms with E-state index in [-0.39, 0.29) is 22.3 Å². The van der Waals surface area contributed by atoms with Gasteiger partial charge in [-0.15, -0.1) is 0 Å². The van der Waals surface area contributed by atoms with E-state index in [1.54, 1.807) is 6.07 Å². The van der Waals surface area contributed by atoms with Crippen molar-refractivity contribution >= 4 is 61.4 Å². The van der Waals surface area contributed by atoms with Crippen molar-refractivity contribution in [1.82, 2.24) is 0 Å². The minimum atomic E-state index is -1.40. The maximum Gasteiger partial charge on any atom is 0.489 e. The van der Waals surface area contributed by atoms with Gasteiger partial charge >= 0.3 is 7.12 Å². The first-order valence-electron chi connectivity index (χ1n) is 12.1. The molecule has 4 nitrogen and oxygen atoms in total. The Bertz CT molecular complexity index is 1590. The zero-order valence-corrected chi connectivity index (χ0v) is 22.3. The lowest BCUT2D eigenvalue weighted by Crippen LogP contribution is -2.30. The Kier molecular flexibility index (Phi) is 14.4. The van der Waals surface area contributed by atoms with Crippen LogP contribution in [0.5, 0.6) is 0 Å². The third-order valence-corrected chi connectivity index (χ3v) is 6.51. The highest BCUT2D eigenvalue weighted by Crippen LogP contribution is 2.28. The smallest absolute Gasteiger partial charge is 0.423 e. The minimum absolute atomic E-state index is 0. The molecule has 0 aliphatic rings. The highest BCUT2D eigenvalue weighted by molar-refractivity contribution is 9.10. The van der Waals surface area contributed by atoms with Crippen LogP contribution < -0.4 is 16.9 Å². The largest absolute Gasteiger partial charge is 0.489 e. The molecular weight excluding hydrogens is 571 g/mol. The lowest BCUT2D eigenvalue weighted by atomic mass is 9.77. The molecule has 0 aromatic heterocycles. The first kappa shape index (κ1) is 34.9. The first-order chi connectivity index (χ1) is 18.4. The Morgan fingerprint density at radius 3 is 1.46 bits per heavy atom. The van der Waals surface area contributed by atoms with E-state index in [0.717, 1.165) is 26.6 Å². The van der Waals surface area contributed by atoms with Crippen LogP contribution in [0.2, 0.25) is 0 Å². The Morgan fingerprint density at radius 2 is 0.927 bits per heavy atom. The summed E-state index contributed by atoms with van der Waals surface area (Å²) in [5, 5.41) is 22.6. The summed E-state index contributed by atoms with van der Waals surface area (Å²) in [7, 11) is -1.40. The summed E-state index contributed by atoms with van der Waals surface area (Å²) in [6.45, 7) is 0. The van der Waals surface area contributed by atoms with Crippen LogP contribution in [0.3, 0.4) is 0 Å². The van der Waals surface area contributed by atoms with Crippen LogP contribution in [-0.2, 0) is 0 Å². The molecule has 0 spiro atoms. The minimum Gasteiger partial charge on any atom is -0.423 e. The zero-order chi connectivity index (χ0) is 26.9. The fourth-order valence-electron chi connectivity index (χ4n) is 4.08. The van der Waals surface area contributed by atoms with E-state index in [4.69, 9.17) is 21.5 Å². The van der Waals surface area contributed by atoms with E-state index in [1.165, 1.54) is 21.9 Å². The molecule has 6 heteroatoms. The zero-order valence-electron chi connectivity index (χ0n) is 20.7. The summed E-state index contributed by atoms with van der Waals surface area (Å²) in [6, 6.07) is 43.5. The molecule has 0 unspecified atom stereocenters. The summed E-state index contributed by atoms with van der Waals surface area (Å²) >= 11 is 3.29. The van der Waals surface area contributed by atoms with Crippen LogP contribution in [0, 0.1) is 0 Å². The van der Waals surface area contributed by atoms with Crippen molar-refractivity contribution in [2.75, 3.05) is 11.5 Å². The van der Waals surface area contributed by atoms with E-state index in [9.17, 15) is 0 Å². The van der Waals surface area contributed by atoms with Crippen LogP contribution in [0.1, 0.15) is 22.3 Å². The van der Waals surface area contributed by atoms with Gasteiger partial charge in [0.1, 0.15) is 0 Å². The van der Waals surface area contributed by atoms with Gasteiger partial charge in [0.15, 0.2) is 0 Å². The van der Waals surface area contributed by atoms with E-state index >= 15 is 0 Å². The highest BCUT2D eigenvalue weighted by atomic mass is 79.9. The Morgan fingerprint density at radius 1 is 0.488 bits per heavy atom. The molecule has 0 fully saturated rings. The van der Waals surface area contributed by atoms with Crippen LogP contribution in [0.15, 0.2) is 138 Å². The number of fused-ring (bicyclic) bond motifs is 2. The van der Waals surface area contributed by atoms with Crippen LogP contribution in [0.4, 0.5) is 11.4 Å². The number of nitrogens with two attached hydrogens (primary N) is 2. The quantitative estimate of drug-likeness (QED) is 0.117. The van der Waals surface area contributed by atoms with E-state index in [0.29, 0.717) is 5.46 Å². The van der Waals surface area contributed by atoms with Crippen molar-refractivity contribution in [3.8, 4) is 11.1 Å². The van der Waals surface area contributed by atoms with E-state index < -0.39 is 7.12 Å². The summed E-state index contributed by atoms with van der Waals surface area (Å²) in [5.74, 6) is 0. The summed E-state index contributed by atoms with van der Waals surface area (Å²) in [4.78, 5) is 0. The van der Waals surface area contributed by atoms with Gasteiger partial charge in [-0.2, -0.15) is 0 Å². The van der Waals surface area contributed by atoms with Crippen molar-refractivity contribution in [1.29, 1.82) is 0 Å². The van der Waals surface area contributed by atoms with E-state index in [1.807, 2.05) is 72.8 Å². The van der Waals surface area contributed by atoms with Crippen molar-refractivity contribution in [3.05, 3.63) is 138 Å². The molecule has 6 N–H and O–H groups in total. The molecule has 0 heterocycles. The second kappa shape index (κ2) is 16.9. The van der Waals surface area contributed by atoms with Gasteiger partial charge in [0.25, 0.3) is 0 Å². The molecule has 41 heavy (non-hydrogen) atoms. The monoisotopic (exact) mass is 610 g/mol. The number of anilines is 2. The fraction of sp³-hybridized carbons (Fsp3) is 0.0857. The van der Waals surface area contributed by atoms with Gasteiger partial charge in [0, 0.05) is 15.8 Å². The average molecular weight is 611 g/mol. The molecule has 6 aromatic rings. The molecule has 212 valence electrons. The first-order valence-corrected chi connectivity index (χ1v) is 12.9. The third-order valence-electron chi connectivity index (χ3n) is 5.98. The van der Waals surface area contributed by atoms with Gasteiger partial charge in [-0.3, -0.25) is 0 Å². The fourth-order valence-corrected chi connectivity index (χ4v) is 4.34. The van der Waals surface area contributed by atoms with Gasteiger partial charge in [-0.05, 0) is 74.5 Å². The Labute approximate surface area is 253 Å².